The summed E-state index contributed by atoms with van der Waals surface area (Å²) in [4.78, 5) is 12.2. The van der Waals surface area contributed by atoms with Gasteiger partial charge in [-0.05, 0) is 0 Å². The summed E-state index contributed by atoms with van der Waals surface area (Å²) in [6, 6.07) is 0. The van der Waals surface area contributed by atoms with Crippen molar-refractivity contribution in [1.29, 1.82) is 0 Å². The van der Waals surface area contributed by atoms with Gasteiger partial charge in [0.05, 0.1) is 7.11 Å². The lowest BCUT2D eigenvalue weighted by Crippen LogP contribution is -2.20. The van der Waals surface area contributed by atoms with Crippen LogP contribution >= 0.6 is 0 Å². The Bertz CT molecular complexity index is 151. The van der Waals surface area contributed by atoms with Crippen LogP contribution < -0.4 is 0 Å². The number of methoxy groups -OCH3 is 1. The van der Waals surface area contributed by atoms with Crippen molar-refractivity contribution in [3.8, 4) is 0 Å². The molecule has 0 radical (unpaired) electrons. The minimum atomic E-state index is -0.549. The number of aliphatic hydroxyl groups excluding tert-OH is 1. The maximum Gasteiger partial charge on any atom is 0.357 e. The molecule has 4 nitrogen and oxygen atoms in total. The summed E-state index contributed by atoms with van der Waals surface area (Å²) < 4.78 is 4.36. The Morgan fingerprint density at radius 2 is 2.10 bits per heavy atom. The molecular weight excluding hydrogens is 134 g/mol. The molecule has 0 aliphatic heterocycles. The fraction of sp³-hybridized carbons (Fsp3) is 0.500. The van der Waals surface area contributed by atoms with E-state index in [-0.39, 0.29) is 5.70 Å². The van der Waals surface area contributed by atoms with Crippen LogP contribution in [0.4, 0.5) is 0 Å². The van der Waals surface area contributed by atoms with Gasteiger partial charge < -0.3 is 14.7 Å². The van der Waals surface area contributed by atoms with E-state index in [2.05, 4.69) is 4.74 Å². The first-order valence-corrected chi connectivity index (χ1v) is 2.73. The average Bonchev–Trinajstić information content (AvgIpc) is 1.88. The Hall–Kier alpha value is -1.19. The number of esters is 1. The number of carbonyl (C=O) groups excluding carboxylic acids is 1. The Labute approximate surface area is 59.7 Å². The smallest absolute Gasteiger partial charge is 0.357 e. The fourth-order valence-corrected chi connectivity index (χ4v) is 0.455. The first-order valence-electron chi connectivity index (χ1n) is 2.73. The number of rotatable bonds is 2. The minimum Gasteiger partial charge on any atom is -0.513 e. The van der Waals surface area contributed by atoms with Crippen LogP contribution in [0.2, 0.25) is 0 Å². The van der Waals surface area contributed by atoms with Crippen molar-refractivity contribution < 1.29 is 14.6 Å². The summed E-state index contributed by atoms with van der Waals surface area (Å²) in [5.74, 6) is -0.549. The normalized spacial score (nSPS) is 10.9. The highest BCUT2D eigenvalue weighted by molar-refractivity contribution is 5.87. The van der Waals surface area contributed by atoms with Crippen molar-refractivity contribution in [2.24, 2.45) is 0 Å². The fourth-order valence-electron chi connectivity index (χ4n) is 0.455. The van der Waals surface area contributed by atoms with Crippen molar-refractivity contribution in [3.05, 3.63) is 12.0 Å². The van der Waals surface area contributed by atoms with Crippen LogP contribution in [-0.2, 0) is 9.53 Å². The molecule has 10 heavy (non-hydrogen) atoms. The van der Waals surface area contributed by atoms with E-state index in [1.165, 1.54) is 12.0 Å². The topological polar surface area (TPSA) is 49.8 Å². The minimum absolute atomic E-state index is 0.127. The van der Waals surface area contributed by atoms with Gasteiger partial charge in [-0.3, -0.25) is 0 Å². The molecule has 1 N–H and O–H groups in total. The first-order chi connectivity index (χ1) is 4.63. The molecule has 58 valence electrons. The van der Waals surface area contributed by atoms with Crippen LogP contribution in [0, 0.1) is 0 Å². The van der Waals surface area contributed by atoms with E-state index in [9.17, 15) is 4.79 Å². The first kappa shape index (κ1) is 8.81. The molecular formula is C6H11NO3. The second-order valence-electron chi connectivity index (χ2n) is 1.90. The molecule has 4 heteroatoms. The average molecular weight is 145 g/mol. The predicted molar refractivity (Wildman–Crippen MR) is 36.4 cm³/mol. The molecule has 0 saturated heterocycles. The van der Waals surface area contributed by atoms with Crippen molar-refractivity contribution in [3.63, 3.8) is 0 Å². The summed E-state index contributed by atoms with van der Waals surface area (Å²) in [7, 11) is 4.54. The Morgan fingerprint density at radius 1 is 1.60 bits per heavy atom. The molecule has 0 aromatic carbocycles. The van der Waals surface area contributed by atoms with Gasteiger partial charge in [0.25, 0.3) is 0 Å². The number of aliphatic hydroxyl groups is 1. The molecule has 0 rings (SSSR count). The lowest BCUT2D eigenvalue weighted by Gasteiger charge is -2.12. The molecule has 0 aromatic rings. The van der Waals surface area contributed by atoms with Gasteiger partial charge in [0, 0.05) is 14.1 Å². The molecule has 0 amide bonds. The molecule has 0 unspecified atom stereocenters. The molecule has 0 aliphatic rings. The largest absolute Gasteiger partial charge is 0.513 e. The summed E-state index contributed by atoms with van der Waals surface area (Å²) in [5.41, 5.74) is 0.127. The van der Waals surface area contributed by atoms with E-state index in [0.717, 1.165) is 0 Å². The number of hydrogen-bond acceptors (Lipinski definition) is 4. The van der Waals surface area contributed by atoms with Gasteiger partial charge >= 0.3 is 5.97 Å². The van der Waals surface area contributed by atoms with Crippen LogP contribution in [0.1, 0.15) is 0 Å². The van der Waals surface area contributed by atoms with E-state index >= 15 is 0 Å². The summed E-state index contributed by atoms with van der Waals surface area (Å²) in [6.07, 6.45) is 0.714. The van der Waals surface area contributed by atoms with Crippen LogP contribution in [-0.4, -0.2) is 37.2 Å². The second-order valence-corrected chi connectivity index (χ2v) is 1.90. The third-order valence-corrected chi connectivity index (χ3v) is 0.999. The van der Waals surface area contributed by atoms with Crippen LogP contribution in [0.5, 0.6) is 0 Å². The van der Waals surface area contributed by atoms with Crippen LogP contribution in [0.15, 0.2) is 12.0 Å². The van der Waals surface area contributed by atoms with Gasteiger partial charge in [-0.2, -0.15) is 0 Å². The molecule has 0 atom stereocenters. The maximum atomic E-state index is 10.7. The summed E-state index contributed by atoms with van der Waals surface area (Å²) >= 11 is 0. The third kappa shape index (κ3) is 1.97. The Morgan fingerprint density at radius 3 is 2.20 bits per heavy atom. The van der Waals surface area contributed by atoms with Crippen LogP contribution in [0.3, 0.4) is 0 Å². The highest BCUT2D eigenvalue weighted by Crippen LogP contribution is 1.98. The lowest BCUT2D eigenvalue weighted by atomic mass is 10.4. The molecule has 0 saturated carbocycles. The van der Waals surface area contributed by atoms with E-state index in [4.69, 9.17) is 5.11 Å². The van der Waals surface area contributed by atoms with Gasteiger partial charge in [0.2, 0.25) is 0 Å². The summed E-state index contributed by atoms with van der Waals surface area (Å²) in [6.45, 7) is 0. The molecule has 0 spiro atoms. The Kier molecular flexibility index (Phi) is 3.32. The lowest BCUT2D eigenvalue weighted by molar-refractivity contribution is -0.137. The second kappa shape index (κ2) is 3.76. The van der Waals surface area contributed by atoms with Crippen molar-refractivity contribution in [1.82, 2.24) is 4.90 Å². The maximum absolute atomic E-state index is 10.7. The molecule has 0 bridgehead atoms. The van der Waals surface area contributed by atoms with E-state index in [1.54, 1.807) is 14.1 Å². The number of ether oxygens (including phenoxy) is 1. The SMILES string of the molecule is COC(=O)C(=CO)N(C)C. The molecule has 0 aliphatic carbocycles. The zero-order valence-electron chi connectivity index (χ0n) is 6.29. The third-order valence-electron chi connectivity index (χ3n) is 0.999. The molecule has 0 aromatic heterocycles. The van der Waals surface area contributed by atoms with Gasteiger partial charge in [-0.15, -0.1) is 0 Å². The monoisotopic (exact) mass is 145 g/mol. The molecule has 0 fully saturated rings. The Balaban J connectivity index is 4.24. The predicted octanol–water partition coefficient (Wildman–Crippen LogP) is 0.120. The van der Waals surface area contributed by atoms with Gasteiger partial charge in [0.1, 0.15) is 6.26 Å². The quantitative estimate of drug-likeness (QED) is 0.340. The number of carbonyl (C=O) groups is 1. The van der Waals surface area contributed by atoms with E-state index in [0.29, 0.717) is 6.26 Å². The number of nitrogens with zero attached hydrogens (tertiary/aromatic N) is 1. The van der Waals surface area contributed by atoms with Crippen molar-refractivity contribution in [2.45, 2.75) is 0 Å². The zero-order chi connectivity index (χ0) is 8.15. The zero-order valence-corrected chi connectivity index (χ0v) is 6.29. The van der Waals surface area contributed by atoms with Crippen molar-refractivity contribution in [2.75, 3.05) is 21.2 Å². The van der Waals surface area contributed by atoms with E-state index < -0.39 is 5.97 Å². The number of hydrogen-bond donors (Lipinski definition) is 1. The molecule has 0 heterocycles. The number of likely N-dealkylation sites (N-methyl/N-ethyl adjacent to an activating group) is 1. The standard InChI is InChI=1S/C6H11NO3/c1-7(2)5(4-8)6(9)10-3/h4,8H,1-3H3. The van der Waals surface area contributed by atoms with Gasteiger partial charge in [-0.25, -0.2) is 4.79 Å². The van der Waals surface area contributed by atoms with Crippen LogP contribution in [0.25, 0.3) is 0 Å². The summed E-state index contributed by atoms with van der Waals surface area (Å²) in [5, 5.41) is 8.49. The van der Waals surface area contributed by atoms with Crippen molar-refractivity contribution >= 4 is 5.97 Å². The van der Waals surface area contributed by atoms with E-state index in [1.807, 2.05) is 0 Å². The van der Waals surface area contributed by atoms with Gasteiger partial charge in [-0.1, -0.05) is 0 Å². The highest BCUT2D eigenvalue weighted by atomic mass is 16.5. The highest BCUT2D eigenvalue weighted by Gasteiger charge is 2.10. The van der Waals surface area contributed by atoms with Gasteiger partial charge in [0.15, 0.2) is 5.70 Å².